The number of ether oxygens (including phenoxy) is 4. The van der Waals surface area contributed by atoms with Crippen molar-refractivity contribution >= 4 is 17.5 Å². The van der Waals surface area contributed by atoms with Crippen molar-refractivity contribution in [3.63, 3.8) is 0 Å². The number of carboxylic acid groups (broad SMARTS) is 1. The lowest BCUT2D eigenvalue weighted by Crippen LogP contribution is -2.67. The third kappa shape index (κ3) is 3.77. The second-order valence-electron chi connectivity index (χ2n) is 11.4. The number of ketones is 2. The average Bonchev–Trinajstić information content (AvgIpc) is 2.87. The molecule has 12 nitrogen and oxygen atoms in total. The van der Waals surface area contributed by atoms with E-state index in [1.807, 2.05) is 0 Å². The van der Waals surface area contributed by atoms with Crippen molar-refractivity contribution in [1.29, 1.82) is 0 Å². The third-order valence-corrected chi connectivity index (χ3v) is 8.97. The van der Waals surface area contributed by atoms with E-state index in [1.54, 1.807) is 20.8 Å². The lowest BCUT2D eigenvalue weighted by atomic mass is 9.63. The number of rotatable bonds is 4. The summed E-state index contributed by atoms with van der Waals surface area (Å²) in [6.45, 7) is 4.83. The molecule has 3 unspecified atom stereocenters. The van der Waals surface area contributed by atoms with Gasteiger partial charge in [-0.2, -0.15) is 0 Å². The first kappa shape index (κ1) is 27.3. The minimum Gasteiger partial charge on any atom is -0.507 e. The Labute approximate surface area is 229 Å². The predicted molar refractivity (Wildman–Crippen MR) is 133 cm³/mol. The topological polar surface area (TPSA) is 189 Å². The maximum absolute atomic E-state index is 14.1. The number of aromatic hydroxyl groups is 2. The lowest BCUT2D eigenvalue weighted by molar-refractivity contribution is -0.291. The van der Waals surface area contributed by atoms with Gasteiger partial charge < -0.3 is 44.5 Å². The van der Waals surface area contributed by atoms with Gasteiger partial charge in [0.25, 0.3) is 0 Å². The molecule has 0 aromatic heterocycles. The number of aliphatic carboxylic acids is 1. The fourth-order valence-electron chi connectivity index (χ4n) is 7.00. The van der Waals surface area contributed by atoms with Gasteiger partial charge in [-0.3, -0.25) is 14.4 Å². The molecule has 1 aromatic carbocycles. The molecule has 216 valence electrons. The van der Waals surface area contributed by atoms with E-state index in [2.05, 4.69) is 0 Å². The van der Waals surface area contributed by atoms with Crippen LogP contribution in [0.15, 0.2) is 11.1 Å². The number of fused-ring (bicyclic) bond motifs is 4. The number of aliphatic hydroxyl groups excluding tert-OH is 1. The summed E-state index contributed by atoms with van der Waals surface area (Å²) in [5.74, 6) is -3.76. The molecule has 2 bridgehead atoms. The number of benzene rings is 1. The molecule has 7 rings (SSSR count). The number of hydrogen-bond acceptors (Lipinski definition) is 11. The molecule has 12 heteroatoms. The normalized spacial score (nSPS) is 38.6. The number of aliphatic hydroxyl groups is 2. The molecule has 0 amide bonds. The van der Waals surface area contributed by atoms with Gasteiger partial charge in [0.2, 0.25) is 0 Å². The van der Waals surface area contributed by atoms with Gasteiger partial charge in [0, 0.05) is 41.5 Å². The molecule has 0 radical (unpaired) electrons. The van der Waals surface area contributed by atoms with Gasteiger partial charge in [0.1, 0.15) is 17.1 Å². The summed E-state index contributed by atoms with van der Waals surface area (Å²) in [5.41, 5.74) is -3.00. The van der Waals surface area contributed by atoms with Gasteiger partial charge in [0.15, 0.2) is 17.9 Å². The highest BCUT2D eigenvalue weighted by Crippen LogP contribution is 2.55. The van der Waals surface area contributed by atoms with Crippen LogP contribution in [-0.2, 0) is 30.2 Å². The summed E-state index contributed by atoms with van der Waals surface area (Å²) >= 11 is 0. The first-order valence-corrected chi connectivity index (χ1v) is 13.5. The largest absolute Gasteiger partial charge is 0.507 e. The minimum absolute atomic E-state index is 0.0358. The quantitative estimate of drug-likeness (QED) is 0.334. The molecule has 5 N–H and O–H groups in total. The Kier molecular flexibility index (Phi) is 6.37. The van der Waals surface area contributed by atoms with Crippen molar-refractivity contribution in [2.75, 3.05) is 0 Å². The zero-order valence-electron chi connectivity index (χ0n) is 22.2. The van der Waals surface area contributed by atoms with E-state index >= 15 is 0 Å². The Morgan fingerprint density at radius 2 is 1.73 bits per heavy atom. The van der Waals surface area contributed by atoms with Crippen LogP contribution in [0.1, 0.15) is 84.4 Å². The van der Waals surface area contributed by atoms with E-state index in [9.17, 15) is 39.9 Å². The molecule has 0 saturated carbocycles. The van der Waals surface area contributed by atoms with E-state index in [0.29, 0.717) is 12.8 Å². The van der Waals surface area contributed by atoms with E-state index in [4.69, 9.17) is 18.9 Å². The van der Waals surface area contributed by atoms with Crippen LogP contribution >= 0.6 is 0 Å². The molecular weight excluding hydrogens is 528 g/mol. The molecule has 6 aliphatic rings. The molecule has 0 spiro atoms. The number of Topliss-reactive ketones (excluding diaryl/α,β-unsaturated/α-hetero) is 2. The van der Waals surface area contributed by atoms with Crippen molar-refractivity contribution in [3.8, 4) is 11.5 Å². The van der Waals surface area contributed by atoms with Crippen LogP contribution in [0.5, 0.6) is 11.5 Å². The zero-order chi connectivity index (χ0) is 28.8. The number of phenolic OH excluding ortho intramolecular Hbond substituents is 2. The maximum atomic E-state index is 14.1. The van der Waals surface area contributed by atoms with Crippen molar-refractivity contribution in [1.82, 2.24) is 0 Å². The molecule has 4 aliphatic heterocycles. The van der Waals surface area contributed by atoms with Crippen LogP contribution in [0.25, 0.3) is 0 Å². The van der Waals surface area contributed by atoms with Crippen LogP contribution in [0, 0.1) is 0 Å². The molecule has 2 aliphatic carbocycles. The number of hydrogen-bond donors (Lipinski definition) is 5. The fraction of sp³-hybridized carbons (Fsp3) is 0.607. The van der Waals surface area contributed by atoms with Gasteiger partial charge in [-0.25, -0.2) is 0 Å². The Hall–Kier alpha value is -2.87. The summed E-state index contributed by atoms with van der Waals surface area (Å²) in [7, 11) is 0. The highest BCUT2D eigenvalue weighted by atomic mass is 16.7. The fourth-order valence-corrected chi connectivity index (χ4v) is 7.00. The highest BCUT2D eigenvalue weighted by molar-refractivity contribution is 6.30. The zero-order valence-corrected chi connectivity index (χ0v) is 22.2. The van der Waals surface area contributed by atoms with Crippen molar-refractivity contribution in [2.24, 2.45) is 0 Å². The second-order valence-corrected chi connectivity index (χ2v) is 11.4. The summed E-state index contributed by atoms with van der Waals surface area (Å²) in [5, 5.41) is 53.9. The van der Waals surface area contributed by atoms with E-state index in [1.165, 1.54) is 0 Å². The van der Waals surface area contributed by atoms with Gasteiger partial charge in [-0.1, -0.05) is 0 Å². The van der Waals surface area contributed by atoms with Gasteiger partial charge in [0.05, 0.1) is 60.3 Å². The molecule has 40 heavy (non-hydrogen) atoms. The SMILES string of the molecule is C[C@@H]1O[C@H](CC(=O)O)Cc2c(O)c3c(c(O)c21)C(=O)C1=C(C3=O)C2C[C@@H](O[C@H]3CCC(O)[C@H](C)O3)C1(O)[C@@H](C)O2. The van der Waals surface area contributed by atoms with Crippen LogP contribution in [-0.4, -0.2) is 91.6 Å². The number of carboxylic acids is 1. The Bertz CT molecular complexity index is 1350. The van der Waals surface area contributed by atoms with Gasteiger partial charge >= 0.3 is 5.97 Å². The van der Waals surface area contributed by atoms with Crippen LogP contribution in [0.2, 0.25) is 0 Å². The summed E-state index contributed by atoms with van der Waals surface area (Å²) in [6, 6.07) is 0. The first-order valence-electron chi connectivity index (χ1n) is 13.5. The van der Waals surface area contributed by atoms with Crippen molar-refractivity contribution in [3.05, 3.63) is 33.4 Å². The number of carbonyl (C=O) groups excluding carboxylic acids is 2. The monoisotopic (exact) mass is 560 g/mol. The average molecular weight is 561 g/mol. The first-order chi connectivity index (χ1) is 18.8. The van der Waals surface area contributed by atoms with Crippen LogP contribution < -0.4 is 0 Å². The predicted octanol–water partition coefficient (Wildman–Crippen LogP) is 1.44. The molecule has 2 fully saturated rings. The van der Waals surface area contributed by atoms with Crippen molar-refractivity contribution in [2.45, 2.75) is 107 Å². The molecule has 4 heterocycles. The van der Waals surface area contributed by atoms with Gasteiger partial charge in [-0.15, -0.1) is 0 Å². The molecular formula is C28H32O12. The molecule has 9 atom stereocenters. The molecule has 2 saturated heterocycles. The lowest BCUT2D eigenvalue weighted by Gasteiger charge is -2.54. The Balaban J connectivity index is 1.43. The van der Waals surface area contributed by atoms with Crippen molar-refractivity contribution < 1.29 is 58.9 Å². The summed E-state index contributed by atoms with van der Waals surface area (Å²) in [6.07, 6.45) is -6.08. The number of phenols is 2. The smallest absolute Gasteiger partial charge is 0.305 e. The number of carbonyl (C=O) groups is 3. The van der Waals surface area contributed by atoms with E-state index in [0.717, 1.165) is 0 Å². The van der Waals surface area contributed by atoms with Gasteiger partial charge in [-0.05, 0) is 27.2 Å². The second kappa shape index (κ2) is 9.33. The Morgan fingerprint density at radius 3 is 2.40 bits per heavy atom. The third-order valence-electron chi connectivity index (χ3n) is 8.97. The summed E-state index contributed by atoms with van der Waals surface area (Å²) in [4.78, 5) is 39.3. The summed E-state index contributed by atoms with van der Waals surface area (Å²) < 4.78 is 23.6. The van der Waals surface area contributed by atoms with Crippen LogP contribution in [0.4, 0.5) is 0 Å². The van der Waals surface area contributed by atoms with E-state index in [-0.39, 0.29) is 41.5 Å². The standard InChI is InChI=1S/C28H32O12/c1-9-14(29)4-5-18(38-9)40-16-8-15-20-23(28(16,36)11(3)39-15)27(35)22-21(26(20)34)24(32)13-6-12(7-17(30)31)37-10(2)19(13)25(22)33/h9-12,14-16,18,29,32-33,36H,4-8H2,1-3H3,(H,30,31)/t9-,10-,11+,12-,14?,15?,16+,18-,28?/m0/s1. The molecule has 1 aromatic rings. The minimum atomic E-state index is -2.07. The Morgan fingerprint density at radius 1 is 1.02 bits per heavy atom. The van der Waals surface area contributed by atoms with E-state index < -0.39 is 94.8 Å². The maximum Gasteiger partial charge on any atom is 0.305 e. The highest BCUT2D eigenvalue weighted by Gasteiger charge is 2.63. The van der Waals surface area contributed by atoms with Crippen LogP contribution in [0.3, 0.4) is 0 Å².